The molecule has 0 fully saturated rings. The summed E-state index contributed by atoms with van der Waals surface area (Å²) in [5, 5.41) is 4.68. The molecular formula is C19H16ClFN2O3S. The lowest BCUT2D eigenvalue weighted by atomic mass is 10.2. The molecule has 0 unspecified atom stereocenters. The second-order valence-electron chi connectivity index (χ2n) is 5.76. The molecule has 5 nitrogen and oxygen atoms in total. The number of aryl methyl sites for hydroxylation is 2. The molecule has 1 aromatic carbocycles. The molecule has 3 rings (SSSR count). The molecule has 27 heavy (non-hydrogen) atoms. The van der Waals surface area contributed by atoms with Crippen molar-refractivity contribution in [3.8, 4) is 0 Å². The van der Waals surface area contributed by atoms with Crippen molar-refractivity contribution < 1.29 is 18.4 Å². The molecule has 0 saturated heterocycles. The number of thioether (sulfide) groups is 1. The first-order valence-corrected chi connectivity index (χ1v) is 9.42. The van der Waals surface area contributed by atoms with Crippen LogP contribution in [-0.4, -0.2) is 16.1 Å². The van der Waals surface area contributed by atoms with Gasteiger partial charge in [-0.1, -0.05) is 22.8 Å². The standard InChI is InChI=1S/C19H16ClFN2O3S/c1-11-16(12(2)26-23-11)10-27-18-15(4-3-7-22-18)19(24)25-9-13-5-6-14(21)8-17(13)20/h3-8H,9-10H2,1-2H3. The fourth-order valence-electron chi connectivity index (χ4n) is 2.37. The van der Waals surface area contributed by atoms with Gasteiger partial charge in [-0.25, -0.2) is 14.2 Å². The zero-order valence-electron chi connectivity index (χ0n) is 14.7. The number of hydrogen-bond donors (Lipinski definition) is 0. The summed E-state index contributed by atoms with van der Waals surface area (Å²) in [4.78, 5) is 16.8. The molecular weight excluding hydrogens is 391 g/mol. The molecule has 0 spiro atoms. The van der Waals surface area contributed by atoms with Crippen LogP contribution in [0.1, 0.15) is 32.9 Å². The van der Waals surface area contributed by atoms with E-state index in [9.17, 15) is 9.18 Å². The Bertz CT molecular complexity index is 958. The number of esters is 1. The summed E-state index contributed by atoms with van der Waals surface area (Å²) in [6, 6.07) is 7.25. The Hall–Kier alpha value is -2.38. The maximum absolute atomic E-state index is 13.1. The van der Waals surface area contributed by atoms with E-state index in [1.54, 1.807) is 18.3 Å². The highest BCUT2D eigenvalue weighted by atomic mass is 35.5. The number of pyridine rings is 1. The Morgan fingerprint density at radius 3 is 2.85 bits per heavy atom. The highest BCUT2D eigenvalue weighted by molar-refractivity contribution is 7.98. The molecule has 2 heterocycles. The van der Waals surface area contributed by atoms with Crippen LogP contribution in [0.5, 0.6) is 0 Å². The first-order valence-electron chi connectivity index (χ1n) is 8.06. The SMILES string of the molecule is Cc1noc(C)c1CSc1ncccc1C(=O)OCc1ccc(F)cc1Cl. The molecule has 0 atom stereocenters. The largest absolute Gasteiger partial charge is 0.457 e. The summed E-state index contributed by atoms with van der Waals surface area (Å²) in [6.07, 6.45) is 1.61. The summed E-state index contributed by atoms with van der Waals surface area (Å²) in [5.74, 6) is 0.346. The lowest BCUT2D eigenvalue weighted by molar-refractivity contribution is 0.0467. The van der Waals surface area contributed by atoms with E-state index < -0.39 is 11.8 Å². The molecule has 140 valence electrons. The van der Waals surface area contributed by atoms with E-state index in [2.05, 4.69) is 10.1 Å². The lowest BCUT2D eigenvalue weighted by Crippen LogP contribution is -2.08. The number of nitrogens with zero attached hydrogens (tertiary/aromatic N) is 2. The third kappa shape index (κ3) is 4.67. The van der Waals surface area contributed by atoms with Crippen molar-refractivity contribution in [3.63, 3.8) is 0 Å². The van der Waals surface area contributed by atoms with Crippen LogP contribution in [-0.2, 0) is 17.1 Å². The topological polar surface area (TPSA) is 65.2 Å². The average molecular weight is 407 g/mol. The number of carbonyl (C=O) groups is 1. The summed E-state index contributed by atoms with van der Waals surface area (Å²) in [6.45, 7) is 3.66. The van der Waals surface area contributed by atoms with Gasteiger partial charge in [0.25, 0.3) is 0 Å². The number of aromatic nitrogens is 2. The molecule has 0 N–H and O–H groups in total. The quantitative estimate of drug-likeness (QED) is 0.417. The van der Waals surface area contributed by atoms with Crippen LogP contribution < -0.4 is 0 Å². The van der Waals surface area contributed by atoms with Gasteiger partial charge in [-0.2, -0.15) is 0 Å². The predicted molar refractivity (Wildman–Crippen MR) is 100 cm³/mol. The average Bonchev–Trinajstić information content (AvgIpc) is 2.97. The predicted octanol–water partition coefficient (Wildman–Crippen LogP) is 5.13. The summed E-state index contributed by atoms with van der Waals surface area (Å²) < 4.78 is 23.6. The zero-order chi connectivity index (χ0) is 19.4. The van der Waals surface area contributed by atoms with E-state index >= 15 is 0 Å². The monoisotopic (exact) mass is 406 g/mol. The van der Waals surface area contributed by atoms with Crippen LogP contribution in [0.15, 0.2) is 46.1 Å². The second kappa shape index (κ2) is 8.54. The molecule has 0 bridgehead atoms. The molecule has 0 aliphatic carbocycles. The molecule has 2 aromatic heterocycles. The lowest BCUT2D eigenvalue weighted by Gasteiger charge is -2.09. The molecule has 8 heteroatoms. The zero-order valence-corrected chi connectivity index (χ0v) is 16.2. The third-order valence-corrected chi connectivity index (χ3v) is 5.28. The minimum atomic E-state index is -0.523. The van der Waals surface area contributed by atoms with Crippen LogP contribution in [0.4, 0.5) is 4.39 Å². The summed E-state index contributed by atoms with van der Waals surface area (Å²) in [7, 11) is 0. The highest BCUT2D eigenvalue weighted by Crippen LogP contribution is 2.28. The van der Waals surface area contributed by atoms with Crippen LogP contribution in [0.3, 0.4) is 0 Å². The molecule has 3 aromatic rings. The van der Waals surface area contributed by atoms with Gasteiger partial charge in [-0.15, -0.1) is 11.8 Å². The first-order chi connectivity index (χ1) is 13.0. The van der Waals surface area contributed by atoms with Crippen molar-refractivity contribution in [1.29, 1.82) is 0 Å². The minimum Gasteiger partial charge on any atom is -0.457 e. The number of ether oxygens (including phenoxy) is 1. The van der Waals surface area contributed by atoms with Gasteiger partial charge < -0.3 is 9.26 Å². The Kier molecular flexibility index (Phi) is 6.13. The van der Waals surface area contributed by atoms with E-state index in [-0.39, 0.29) is 11.6 Å². The van der Waals surface area contributed by atoms with Crippen molar-refractivity contribution in [2.75, 3.05) is 0 Å². The molecule has 0 amide bonds. The van der Waals surface area contributed by atoms with Gasteiger partial charge in [0.1, 0.15) is 23.2 Å². The Labute approximate surface area is 164 Å². The normalized spacial score (nSPS) is 10.8. The van der Waals surface area contributed by atoms with E-state index in [1.165, 1.54) is 30.0 Å². The number of halogens is 2. The maximum Gasteiger partial charge on any atom is 0.341 e. The van der Waals surface area contributed by atoms with E-state index in [1.807, 2.05) is 13.8 Å². The smallest absolute Gasteiger partial charge is 0.341 e. The number of carbonyl (C=O) groups excluding carboxylic acids is 1. The minimum absolute atomic E-state index is 0.0547. The van der Waals surface area contributed by atoms with Gasteiger partial charge >= 0.3 is 5.97 Å². The van der Waals surface area contributed by atoms with Gasteiger partial charge in [-0.05, 0) is 38.1 Å². The van der Waals surface area contributed by atoms with Gasteiger partial charge in [0.2, 0.25) is 0 Å². The van der Waals surface area contributed by atoms with Gasteiger partial charge in [0, 0.05) is 23.1 Å². The Morgan fingerprint density at radius 1 is 1.33 bits per heavy atom. The molecule has 0 aliphatic rings. The number of benzene rings is 1. The van der Waals surface area contributed by atoms with Gasteiger partial charge in [0.05, 0.1) is 16.3 Å². The fourth-order valence-corrected chi connectivity index (χ4v) is 3.73. The molecule has 0 radical (unpaired) electrons. The van der Waals surface area contributed by atoms with Gasteiger partial charge in [0.15, 0.2) is 0 Å². The van der Waals surface area contributed by atoms with Crippen molar-refractivity contribution in [1.82, 2.24) is 10.1 Å². The van der Waals surface area contributed by atoms with E-state index in [0.29, 0.717) is 21.9 Å². The van der Waals surface area contributed by atoms with Crippen molar-refractivity contribution in [2.24, 2.45) is 0 Å². The second-order valence-corrected chi connectivity index (χ2v) is 7.13. The number of rotatable bonds is 6. The van der Waals surface area contributed by atoms with Crippen LogP contribution >= 0.6 is 23.4 Å². The third-order valence-electron chi connectivity index (χ3n) is 3.90. The summed E-state index contributed by atoms with van der Waals surface area (Å²) >= 11 is 7.36. The van der Waals surface area contributed by atoms with E-state index in [0.717, 1.165) is 17.0 Å². The summed E-state index contributed by atoms with van der Waals surface area (Å²) in [5.41, 5.74) is 2.67. The van der Waals surface area contributed by atoms with Crippen molar-refractivity contribution >= 4 is 29.3 Å². The van der Waals surface area contributed by atoms with Gasteiger partial charge in [-0.3, -0.25) is 0 Å². The molecule has 0 aliphatic heterocycles. The first kappa shape index (κ1) is 19.4. The van der Waals surface area contributed by atoms with E-state index in [4.69, 9.17) is 20.9 Å². The maximum atomic E-state index is 13.1. The Balaban J connectivity index is 1.70. The molecule has 0 saturated carbocycles. The highest BCUT2D eigenvalue weighted by Gasteiger charge is 2.17. The van der Waals surface area contributed by atoms with Crippen LogP contribution in [0.25, 0.3) is 0 Å². The van der Waals surface area contributed by atoms with Crippen molar-refractivity contribution in [3.05, 3.63) is 75.5 Å². The van der Waals surface area contributed by atoms with Crippen molar-refractivity contribution in [2.45, 2.75) is 31.2 Å². The fraction of sp³-hybridized carbons (Fsp3) is 0.211. The van der Waals surface area contributed by atoms with Crippen LogP contribution in [0.2, 0.25) is 5.02 Å². The number of hydrogen-bond acceptors (Lipinski definition) is 6. The Morgan fingerprint density at radius 2 is 2.15 bits per heavy atom. The van der Waals surface area contributed by atoms with Crippen LogP contribution in [0, 0.1) is 19.7 Å².